The quantitative estimate of drug-likeness (QED) is 0.603. The highest BCUT2D eigenvalue weighted by Crippen LogP contribution is 2.45. The zero-order valence-electron chi connectivity index (χ0n) is 17.6. The van der Waals surface area contributed by atoms with Crippen LogP contribution in [-0.4, -0.2) is 24.1 Å². The average molecular weight is 387 g/mol. The molecule has 0 saturated carbocycles. The number of carbonyl (C=O) groups excluding carboxylic acids is 2. The van der Waals surface area contributed by atoms with Crippen LogP contribution in [0.2, 0.25) is 0 Å². The topological polar surface area (TPSA) is 52.6 Å². The van der Waals surface area contributed by atoms with Gasteiger partial charge >= 0.3 is 11.9 Å². The van der Waals surface area contributed by atoms with Crippen molar-refractivity contribution in [2.45, 2.75) is 72.0 Å². The molecule has 154 valence electrons. The summed E-state index contributed by atoms with van der Waals surface area (Å²) in [6, 6.07) is 0. The maximum absolute atomic E-state index is 12.5. The molecular formula is C24H34O4. The van der Waals surface area contributed by atoms with E-state index in [4.69, 9.17) is 9.47 Å². The number of rotatable bonds is 6. The predicted octanol–water partition coefficient (Wildman–Crippen LogP) is 5.00. The first-order valence-electron chi connectivity index (χ1n) is 10.9. The van der Waals surface area contributed by atoms with E-state index in [1.165, 1.54) is 11.6 Å². The first kappa shape index (κ1) is 20.9. The summed E-state index contributed by atoms with van der Waals surface area (Å²) < 4.78 is 11.5. The minimum atomic E-state index is -0.236. The monoisotopic (exact) mass is 386 g/mol. The summed E-state index contributed by atoms with van der Waals surface area (Å²) in [6.07, 6.45) is 14.5. The average Bonchev–Trinajstić information content (AvgIpc) is 2.66. The Kier molecular flexibility index (Phi) is 6.79. The van der Waals surface area contributed by atoms with Crippen molar-refractivity contribution in [3.63, 3.8) is 0 Å². The van der Waals surface area contributed by atoms with Gasteiger partial charge in [0.05, 0.1) is 5.92 Å². The summed E-state index contributed by atoms with van der Waals surface area (Å²) in [7, 11) is 0. The van der Waals surface area contributed by atoms with E-state index < -0.39 is 0 Å². The van der Waals surface area contributed by atoms with Crippen LogP contribution in [0.5, 0.6) is 0 Å². The Balaban J connectivity index is 1.75. The molecule has 0 fully saturated rings. The molecule has 0 aromatic heterocycles. The minimum absolute atomic E-state index is 0.0355. The molecule has 7 atom stereocenters. The van der Waals surface area contributed by atoms with Gasteiger partial charge in [-0.2, -0.15) is 0 Å². The van der Waals surface area contributed by atoms with Gasteiger partial charge in [0.2, 0.25) is 0 Å². The predicted molar refractivity (Wildman–Crippen MR) is 109 cm³/mol. The highest BCUT2D eigenvalue weighted by atomic mass is 16.5. The van der Waals surface area contributed by atoms with Crippen LogP contribution < -0.4 is 0 Å². The van der Waals surface area contributed by atoms with Gasteiger partial charge in [0.15, 0.2) is 0 Å². The smallest absolute Gasteiger partial charge is 0.330 e. The van der Waals surface area contributed by atoms with E-state index in [-0.39, 0.29) is 36.0 Å². The third-order valence-corrected chi connectivity index (χ3v) is 6.64. The van der Waals surface area contributed by atoms with Gasteiger partial charge in [0.1, 0.15) is 12.2 Å². The molecule has 4 heteroatoms. The van der Waals surface area contributed by atoms with E-state index in [0.29, 0.717) is 17.8 Å². The van der Waals surface area contributed by atoms with Gasteiger partial charge < -0.3 is 9.47 Å². The minimum Gasteiger partial charge on any atom is -0.461 e. The fourth-order valence-electron chi connectivity index (χ4n) is 4.78. The molecule has 0 radical (unpaired) electrons. The van der Waals surface area contributed by atoms with Gasteiger partial charge in [-0.1, -0.05) is 52.0 Å². The van der Waals surface area contributed by atoms with Crippen molar-refractivity contribution in [1.29, 1.82) is 0 Å². The number of cyclic esters (lactones) is 1. The molecule has 3 aliphatic rings. The van der Waals surface area contributed by atoms with Gasteiger partial charge in [-0.3, -0.25) is 4.79 Å². The lowest BCUT2D eigenvalue weighted by Crippen LogP contribution is -2.41. The molecule has 0 aromatic rings. The van der Waals surface area contributed by atoms with Crippen LogP contribution in [0.1, 0.15) is 59.8 Å². The summed E-state index contributed by atoms with van der Waals surface area (Å²) in [4.78, 5) is 24.1. The van der Waals surface area contributed by atoms with Gasteiger partial charge in [-0.25, -0.2) is 4.79 Å². The van der Waals surface area contributed by atoms with Crippen molar-refractivity contribution in [3.8, 4) is 0 Å². The van der Waals surface area contributed by atoms with Crippen LogP contribution in [0.4, 0.5) is 0 Å². The molecule has 0 amide bonds. The number of ether oxygens (including phenoxy) is 2. The SMILES string of the molecule is CC[C@H](C)C(=O)O[C@H]1C[C@@H](C)C=C2C=C[C@H](C)[C@H](CC[C@H]3CC=CC(=O)O3)[C@H]21. The number of esters is 2. The second-order valence-corrected chi connectivity index (χ2v) is 8.85. The molecule has 0 bridgehead atoms. The van der Waals surface area contributed by atoms with Crippen molar-refractivity contribution in [3.05, 3.63) is 36.0 Å². The molecule has 4 nitrogen and oxygen atoms in total. The summed E-state index contributed by atoms with van der Waals surface area (Å²) in [5.74, 6) is 1.07. The number of carbonyl (C=O) groups is 2. The van der Waals surface area contributed by atoms with Crippen LogP contribution in [0.3, 0.4) is 0 Å². The van der Waals surface area contributed by atoms with Crippen LogP contribution in [0.15, 0.2) is 36.0 Å². The Morgan fingerprint density at radius 2 is 2.07 bits per heavy atom. The lowest BCUT2D eigenvalue weighted by atomic mass is 9.65. The summed E-state index contributed by atoms with van der Waals surface area (Å²) in [6.45, 7) is 8.41. The molecule has 1 aliphatic heterocycles. The van der Waals surface area contributed by atoms with E-state index in [2.05, 4.69) is 32.1 Å². The zero-order chi connectivity index (χ0) is 20.3. The van der Waals surface area contributed by atoms with Crippen molar-refractivity contribution < 1.29 is 19.1 Å². The molecule has 0 unspecified atom stereocenters. The maximum Gasteiger partial charge on any atom is 0.330 e. The molecule has 1 heterocycles. The highest BCUT2D eigenvalue weighted by Gasteiger charge is 2.41. The Hall–Kier alpha value is -1.84. The van der Waals surface area contributed by atoms with Crippen molar-refractivity contribution >= 4 is 11.9 Å². The fraction of sp³-hybridized carbons (Fsp3) is 0.667. The van der Waals surface area contributed by atoms with E-state index >= 15 is 0 Å². The first-order valence-corrected chi connectivity index (χ1v) is 10.9. The third-order valence-electron chi connectivity index (χ3n) is 6.64. The summed E-state index contributed by atoms with van der Waals surface area (Å²) in [5.41, 5.74) is 1.31. The van der Waals surface area contributed by atoms with E-state index in [0.717, 1.165) is 32.1 Å². The third kappa shape index (κ3) is 4.76. The van der Waals surface area contributed by atoms with Gasteiger partial charge in [-0.05, 0) is 49.0 Å². The molecule has 0 saturated heterocycles. The second-order valence-electron chi connectivity index (χ2n) is 8.85. The van der Waals surface area contributed by atoms with E-state index in [1.54, 1.807) is 0 Å². The van der Waals surface area contributed by atoms with Crippen molar-refractivity contribution in [2.75, 3.05) is 0 Å². The Morgan fingerprint density at radius 3 is 2.79 bits per heavy atom. The molecule has 0 aromatic carbocycles. The number of hydrogen-bond donors (Lipinski definition) is 0. The maximum atomic E-state index is 12.5. The fourth-order valence-corrected chi connectivity index (χ4v) is 4.78. The highest BCUT2D eigenvalue weighted by molar-refractivity contribution is 5.82. The second kappa shape index (κ2) is 9.11. The number of fused-ring (bicyclic) bond motifs is 1. The Labute approximate surface area is 169 Å². The Morgan fingerprint density at radius 1 is 1.29 bits per heavy atom. The molecular weight excluding hydrogens is 352 g/mol. The molecule has 0 spiro atoms. The van der Waals surface area contributed by atoms with Crippen molar-refractivity contribution in [1.82, 2.24) is 0 Å². The van der Waals surface area contributed by atoms with Crippen molar-refractivity contribution in [2.24, 2.45) is 29.6 Å². The number of hydrogen-bond acceptors (Lipinski definition) is 4. The first-order chi connectivity index (χ1) is 13.4. The van der Waals surface area contributed by atoms with Crippen LogP contribution in [-0.2, 0) is 19.1 Å². The van der Waals surface area contributed by atoms with Crippen LogP contribution in [0, 0.1) is 29.6 Å². The van der Waals surface area contributed by atoms with E-state index in [9.17, 15) is 9.59 Å². The number of allylic oxidation sites excluding steroid dienone is 3. The van der Waals surface area contributed by atoms with E-state index in [1.807, 2.05) is 19.9 Å². The zero-order valence-corrected chi connectivity index (χ0v) is 17.6. The molecule has 3 rings (SSSR count). The largest absolute Gasteiger partial charge is 0.461 e. The lowest BCUT2D eigenvalue weighted by Gasteiger charge is -2.43. The summed E-state index contributed by atoms with van der Waals surface area (Å²) in [5, 5.41) is 0. The normalized spacial score (nSPS) is 35.6. The van der Waals surface area contributed by atoms with Gasteiger partial charge in [0.25, 0.3) is 0 Å². The lowest BCUT2D eigenvalue weighted by molar-refractivity contribution is -0.158. The molecule has 28 heavy (non-hydrogen) atoms. The Bertz CT molecular complexity index is 674. The van der Waals surface area contributed by atoms with Gasteiger partial charge in [0, 0.05) is 18.4 Å². The summed E-state index contributed by atoms with van der Waals surface area (Å²) >= 11 is 0. The molecule has 2 aliphatic carbocycles. The standard InChI is InChI=1S/C24H34O4/c1-5-16(3)24(26)28-21-14-15(2)13-18-10-9-17(4)20(23(18)21)12-11-19-7-6-8-22(25)27-19/h6,8-10,13,15-17,19-21,23H,5,7,11-12,14H2,1-4H3/t15-,16-,17-,19+,20-,21-,23-/m0/s1. The molecule has 0 N–H and O–H groups in total. The van der Waals surface area contributed by atoms with Gasteiger partial charge in [-0.15, -0.1) is 0 Å². The van der Waals surface area contributed by atoms with Crippen LogP contribution >= 0.6 is 0 Å². The van der Waals surface area contributed by atoms with Crippen LogP contribution in [0.25, 0.3) is 0 Å².